The monoisotopic (exact) mass is 374 g/mol. The molecule has 0 N–H and O–H groups in total. The number of hydrogen-bond donors (Lipinski definition) is 0. The Morgan fingerprint density at radius 3 is 2.43 bits per heavy atom. The van der Waals surface area contributed by atoms with Crippen molar-refractivity contribution in [3.8, 4) is 23.0 Å². The van der Waals surface area contributed by atoms with Gasteiger partial charge in [-0.15, -0.1) is 0 Å². The standard InChI is InChI=1S/C22H22N4O2/c1-2-18-15-20(25-21(24-18)16-9-11-23-12-10-16)28-19-7-5-17(6-8-19)22(27)26-13-3-4-14-26/h5-12,15H,2-4,13-14H2,1H3. The molecule has 6 nitrogen and oxygen atoms in total. The summed E-state index contributed by atoms with van der Waals surface area (Å²) in [6.07, 6.45) is 6.38. The average Bonchev–Trinajstić information content (AvgIpc) is 3.29. The van der Waals surface area contributed by atoms with E-state index in [-0.39, 0.29) is 5.91 Å². The molecule has 2 aromatic heterocycles. The summed E-state index contributed by atoms with van der Waals surface area (Å²) in [5.74, 6) is 1.81. The molecule has 1 aliphatic heterocycles. The first-order valence-electron chi connectivity index (χ1n) is 9.58. The lowest BCUT2D eigenvalue weighted by molar-refractivity contribution is 0.0793. The molecule has 4 rings (SSSR count). The molecule has 0 atom stereocenters. The van der Waals surface area contributed by atoms with Crippen LogP contribution < -0.4 is 4.74 Å². The van der Waals surface area contributed by atoms with Crippen LogP contribution >= 0.6 is 0 Å². The number of nitrogens with zero attached hydrogens (tertiary/aromatic N) is 4. The van der Waals surface area contributed by atoms with Gasteiger partial charge < -0.3 is 9.64 Å². The Balaban J connectivity index is 1.54. The molecule has 1 fully saturated rings. The van der Waals surface area contributed by atoms with Gasteiger partial charge in [-0.1, -0.05) is 6.92 Å². The minimum atomic E-state index is 0.0827. The molecule has 142 valence electrons. The van der Waals surface area contributed by atoms with Crippen LogP contribution in [0.3, 0.4) is 0 Å². The van der Waals surface area contributed by atoms with Crippen molar-refractivity contribution in [2.45, 2.75) is 26.2 Å². The Morgan fingerprint density at radius 2 is 1.75 bits per heavy atom. The summed E-state index contributed by atoms with van der Waals surface area (Å²) in [4.78, 5) is 27.5. The molecule has 0 spiro atoms. The van der Waals surface area contributed by atoms with Crippen molar-refractivity contribution < 1.29 is 9.53 Å². The maximum Gasteiger partial charge on any atom is 0.253 e. The van der Waals surface area contributed by atoms with E-state index >= 15 is 0 Å². The second-order valence-electron chi connectivity index (χ2n) is 6.74. The van der Waals surface area contributed by atoms with E-state index in [2.05, 4.69) is 15.0 Å². The number of carbonyl (C=O) groups is 1. The predicted molar refractivity (Wildman–Crippen MR) is 106 cm³/mol. The number of ether oxygens (including phenoxy) is 1. The van der Waals surface area contributed by atoms with E-state index in [0.717, 1.165) is 43.6 Å². The molecule has 0 saturated carbocycles. The molecule has 3 heterocycles. The van der Waals surface area contributed by atoms with Gasteiger partial charge in [0.25, 0.3) is 5.91 Å². The Labute approximate surface area is 164 Å². The van der Waals surface area contributed by atoms with Gasteiger partial charge in [-0.05, 0) is 55.7 Å². The Hall–Kier alpha value is -3.28. The average molecular weight is 374 g/mol. The molecule has 6 heteroatoms. The quantitative estimate of drug-likeness (QED) is 0.672. The summed E-state index contributed by atoms with van der Waals surface area (Å²) in [6, 6.07) is 12.8. The summed E-state index contributed by atoms with van der Waals surface area (Å²) in [5.41, 5.74) is 2.48. The first-order chi connectivity index (χ1) is 13.7. The fourth-order valence-corrected chi connectivity index (χ4v) is 3.23. The molecular formula is C22H22N4O2. The van der Waals surface area contributed by atoms with Gasteiger partial charge in [0.2, 0.25) is 5.88 Å². The summed E-state index contributed by atoms with van der Waals surface area (Å²) >= 11 is 0. The highest BCUT2D eigenvalue weighted by Gasteiger charge is 2.19. The van der Waals surface area contributed by atoms with Crippen LogP contribution in [0.5, 0.6) is 11.6 Å². The maximum atomic E-state index is 12.5. The summed E-state index contributed by atoms with van der Waals surface area (Å²) in [5, 5.41) is 0. The van der Waals surface area contributed by atoms with Crippen molar-refractivity contribution in [1.82, 2.24) is 19.9 Å². The lowest BCUT2D eigenvalue weighted by Crippen LogP contribution is -2.27. The third-order valence-electron chi connectivity index (χ3n) is 4.77. The van der Waals surface area contributed by atoms with Gasteiger partial charge in [-0.3, -0.25) is 9.78 Å². The molecule has 1 aromatic carbocycles. The second-order valence-corrected chi connectivity index (χ2v) is 6.74. The first-order valence-corrected chi connectivity index (χ1v) is 9.58. The van der Waals surface area contributed by atoms with Crippen LogP contribution in [0.25, 0.3) is 11.4 Å². The molecule has 0 bridgehead atoms. The second kappa shape index (κ2) is 8.17. The van der Waals surface area contributed by atoms with Crippen LogP contribution in [-0.2, 0) is 6.42 Å². The van der Waals surface area contributed by atoms with E-state index in [9.17, 15) is 4.79 Å². The molecule has 1 amide bonds. The van der Waals surface area contributed by atoms with E-state index < -0.39 is 0 Å². The lowest BCUT2D eigenvalue weighted by Gasteiger charge is -2.15. The van der Waals surface area contributed by atoms with Crippen molar-refractivity contribution in [3.05, 3.63) is 66.1 Å². The zero-order valence-corrected chi connectivity index (χ0v) is 15.8. The van der Waals surface area contributed by atoms with E-state index in [0.29, 0.717) is 23.0 Å². The minimum Gasteiger partial charge on any atom is -0.439 e. The van der Waals surface area contributed by atoms with E-state index in [4.69, 9.17) is 4.74 Å². The number of pyridine rings is 1. The van der Waals surface area contributed by atoms with Crippen molar-refractivity contribution in [1.29, 1.82) is 0 Å². The third-order valence-corrected chi connectivity index (χ3v) is 4.77. The molecule has 0 unspecified atom stereocenters. The normalized spacial score (nSPS) is 13.5. The van der Waals surface area contributed by atoms with Crippen LogP contribution in [0.2, 0.25) is 0 Å². The number of hydrogen-bond acceptors (Lipinski definition) is 5. The van der Waals surface area contributed by atoms with Crippen molar-refractivity contribution >= 4 is 5.91 Å². The maximum absolute atomic E-state index is 12.5. The van der Waals surface area contributed by atoms with E-state index in [1.54, 1.807) is 12.4 Å². The van der Waals surface area contributed by atoms with Gasteiger partial charge in [-0.2, -0.15) is 4.98 Å². The predicted octanol–water partition coefficient (Wildman–Crippen LogP) is 4.13. The third kappa shape index (κ3) is 4.01. The Kier molecular flexibility index (Phi) is 5.28. The number of aryl methyl sites for hydroxylation is 1. The highest BCUT2D eigenvalue weighted by Crippen LogP contribution is 2.24. The van der Waals surface area contributed by atoms with Gasteiger partial charge >= 0.3 is 0 Å². The topological polar surface area (TPSA) is 68.2 Å². The highest BCUT2D eigenvalue weighted by atomic mass is 16.5. The first kappa shape index (κ1) is 18.1. The van der Waals surface area contributed by atoms with Crippen molar-refractivity contribution in [2.75, 3.05) is 13.1 Å². The highest BCUT2D eigenvalue weighted by molar-refractivity contribution is 5.94. The van der Waals surface area contributed by atoms with E-state index in [1.165, 1.54) is 0 Å². The fourth-order valence-electron chi connectivity index (χ4n) is 3.23. The molecule has 3 aromatic rings. The zero-order valence-electron chi connectivity index (χ0n) is 15.8. The van der Waals surface area contributed by atoms with Crippen LogP contribution in [-0.4, -0.2) is 38.8 Å². The smallest absolute Gasteiger partial charge is 0.253 e. The van der Waals surface area contributed by atoms with Gasteiger partial charge in [0.15, 0.2) is 5.82 Å². The number of likely N-dealkylation sites (tertiary alicyclic amines) is 1. The molecule has 0 radical (unpaired) electrons. The van der Waals surface area contributed by atoms with Crippen LogP contribution in [0.15, 0.2) is 54.9 Å². The molecule has 1 aliphatic rings. The van der Waals surface area contributed by atoms with Gasteiger partial charge in [0, 0.05) is 48.4 Å². The zero-order chi connectivity index (χ0) is 19.3. The number of amides is 1. The number of aromatic nitrogens is 3. The lowest BCUT2D eigenvalue weighted by atomic mass is 10.2. The van der Waals surface area contributed by atoms with Gasteiger partial charge in [-0.25, -0.2) is 4.98 Å². The van der Waals surface area contributed by atoms with Crippen molar-refractivity contribution in [2.24, 2.45) is 0 Å². The minimum absolute atomic E-state index is 0.0827. The van der Waals surface area contributed by atoms with E-state index in [1.807, 2.05) is 54.3 Å². The summed E-state index contributed by atoms with van der Waals surface area (Å²) < 4.78 is 5.95. The number of benzene rings is 1. The van der Waals surface area contributed by atoms with Crippen LogP contribution in [0.1, 0.15) is 35.8 Å². The summed E-state index contributed by atoms with van der Waals surface area (Å²) in [6.45, 7) is 3.73. The Bertz CT molecular complexity index is 952. The molecule has 1 saturated heterocycles. The SMILES string of the molecule is CCc1cc(Oc2ccc(C(=O)N3CCCC3)cc2)nc(-c2ccncc2)n1. The largest absolute Gasteiger partial charge is 0.439 e. The Morgan fingerprint density at radius 1 is 1.04 bits per heavy atom. The molecular weight excluding hydrogens is 352 g/mol. The number of carbonyl (C=O) groups excluding carboxylic acids is 1. The molecule has 0 aliphatic carbocycles. The van der Waals surface area contributed by atoms with Crippen molar-refractivity contribution in [3.63, 3.8) is 0 Å². The number of rotatable bonds is 5. The van der Waals surface area contributed by atoms with Gasteiger partial charge in [0.05, 0.1) is 0 Å². The summed E-state index contributed by atoms with van der Waals surface area (Å²) in [7, 11) is 0. The van der Waals surface area contributed by atoms with Crippen LogP contribution in [0.4, 0.5) is 0 Å². The van der Waals surface area contributed by atoms with Gasteiger partial charge in [0.1, 0.15) is 5.75 Å². The fraction of sp³-hybridized carbons (Fsp3) is 0.273. The van der Waals surface area contributed by atoms with Crippen LogP contribution in [0, 0.1) is 0 Å². The molecule has 28 heavy (non-hydrogen) atoms.